The van der Waals surface area contributed by atoms with E-state index in [1.54, 1.807) is 19.4 Å². The number of hydrogen-bond acceptors (Lipinski definition) is 3. The molecule has 17 heavy (non-hydrogen) atoms. The van der Waals surface area contributed by atoms with E-state index in [4.69, 9.17) is 4.74 Å². The van der Waals surface area contributed by atoms with Gasteiger partial charge < -0.3 is 10.1 Å². The van der Waals surface area contributed by atoms with Crippen molar-refractivity contribution < 1.29 is 9.13 Å². The highest BCUT2D eigenvalue weighted by Crippen LogP contribution is 2.39. The third-order valence-corrected chi connectivity index (χ3v) is 3.02. The van der Waals surface area contributed by atoms with Gasteiger partial charge in [-0.2, -0.15) is 0 Å². The summed E-state index contributed by atoms with van der Waals surface area (Å²) in [4.78, 5) is 4.19. The molecular weight excluding hydrogens is 219 g/mol. The minimum atomic E-state index is -0.202. The average molecular weight is 238 g/mol. The standard InChI is InChI=1S/C13H19FN2O/c1-9(8-17-2)15-7-13-12(14)5-11(6-16-13)10-3-4-10/h5-6,9-10,15H,3-4,7-8H2,1-2H3. The van der Waals surface area contributed by atoms with Crippen LogP contribution in [0.2, 0.25) is 0 Å². The average Bonchev–Trinajstić information content (AvgIpc) is 3.11. The van der Waals surface area contributed by atoms with E-state index >= 15 is 0 Å². The second-order valence-electron chi connectivity index (χ2n) is 4.71. The molecule has 1 aliphatic carbocycles. The Kier molecular flexibility index (Phi) is 4.07. The highest BCUT2D eigenvalue weighted by molar-refractivity contribution is 5.23. The molecule has 3 nitrogen and oxygen atoms in total. The zero-order chi connectivity index (χ0) is 12.3. The number of halogens is 1. The summed E-state index contributed by atoms with van der Waals surface area (Å²) in [5, 5.41) is 3.18. The predicted molar refractivity (Wildman–Crippen MR) is 64.3 cm³/mol. The molecule has 1 fully saturated rings. The summed E-state index contributed by atoms with van der Waals surface area (Å²) >= 11 is 0. The fourth-order valence-corrected chi connectivity index (χ4v) is 1.83. The van der Waals surface area contributed by atoms with Crippen LogP contribution in [-0.2, 0) is 11.3 Å². The van der Waals surface area contributed by atoms with Crippen LogP contribution in [0.15, 0.2) is 12.3 Å². The van der Waals surface area contributed by atoms with Crippen LogP contribution in [0.3, 0.4) is 0 Å². The van der Waals surface area contributed by atoms with Gasteiger partial charge in [0.15, 0.2) is 0 Å². The number of nitrogens with one attached hydrogen (secondary N) is 1. The summed E-state index contributed by atoms with van der Waals surface area (Å²) in [6, 6.07) is 1.83. The summed E-state index contributed by atoms with van der Waals surface area (Å²) in [5.74, 6) is 0.345. The number of pyridine rings is 1. The van der Waals surface area contributed by atoms with Gasteiger partial charge >= 0.3 is 0 Å². The minimum absolute atomic E-state index is 0.198. The third-order valence-electron chi connectivity index (χ3n) is 3.02. The van der Waals surface area contributed by atoms with Gasteiger partial charge in [-0.1, -0.05) is 0 Å². The monoisotopic (exact) mass is 238 g/mol. The van der Waals surface area contributed by atoms with Crippen LogP contribution in [0.25, 0.3) is 0 Å². The maximum absolute atomic E-state index is 13.7. The van der Waals surface area contributed by atoms with Crippen LogP contribution >= 0.6 is 0 Å². The Bertz CT molecular complexity index is 380. The second-order valence-corrected chi connectivity index (χ2v) is 4.71. The Hall–Kier alpha value is -1.00. The van der Waals surface area contributed by atoms with Crippen LogP contribution < -0.4 is 5.32 Å². The number of rotatable bonds is 6. The Morgan fingerprint density at radius 1 is 1.59 bits per heavy atom. The summed E-state index contributed by atoms with van der Waals surface area (Å²) in [7, 11) is 1.65. The molecule has 1 N–H and O–H groups in total. The maximum atomic E-state index is 13.7. The molecule has 0 amide bonds. The van der Waals surface area contributed by atoms with Crippen LogP contribution in [0.5, 0.6) is 0 Å². The quantitative estimate of drug-likeness (QED) is 0.825. The molecule has 4 heteroatoms. The molecule has 1 heterocycles. The lowest BCUT2D eigenvalue weighted by atomic mass is 10.1. The molecule has 94 valence electrons. The van der Waals surface area contributed by atoms with Gasteiger partial charge in [0, 0.05) is 25.9 Å². The van der Waals surface area contributed by atoms with E-state index < -0.39 is 0 Å². The predicted octanol–water partition coefficient (Wildman–Crippen LogP) is 2.22. The largest absolute Gasteiger partial charge is 0.383 e. The van der Waals surface area contributed by atoms with E-state index in [2.05, 4.69) is 10.3 Å². The lowest BCUT2D eigenvalue weighted by Crippen LogP contribution is -2.30. The van der Waals surface area contributed by atoms with Gasteiger partial charge in [-0.05, 0) is 37.3 Å². The van der Waals surface area contributed by atoms with Gasteiger partial charge in [-0.25, -0.2) is 4.39 Å². The van der Waals surface area contributed by atoms with Crippen molar-refractivity contribution in [3.63, 3.8) is 0 Å². The molecule has 0 bridgehead atoms. The van der Waals surface area contributed by atoms with Crippen LogP contribution in [0.4, 0.5) is 4.39 Å². The first kappa shape index (κ1) is 12.5. The molecule has 1 aliphatic rings. The third kappa shape index (κ3) is 3.48. The molecule has 0 spiro atoms. The normalized spacial score (nSPS) is 17.1. The Labute approximate surface area is 101 Å². The highest BCUT2D eigenvalue weighted by atomic mass is 19.1. The Morgan fingerprint density at radius 3 is 2.94 bits per heavy atom. The summed E-state index contributed by atoms with van der Waals surface area (Å²) in [6.07, 6.45) is 4.14. The van der Waals surface area contributed by atoms with Crippen molar-refractivity contribution in [1.29, 1.82) is 0 Å². The topological polar surface area (TPSA) is 34.1 Å². The molecule has 1 atom stereocenters. The molecular formula is C13H19FN2O. The number of nitrogens with zero attached hydrogens (tertiary/aromatic N) is 1. The first-order valence-corrected chi connectivity index (χ1v) is 6.07. The Balaban J connectivity index is 1.91. The molecule has 1 aromatic rings. The molecule has 1 aromatic heterocycles. The zero-order valence-corrected chi connectivity index (χ0v) is 10.4. The van der Waals surface area contributed by atoms with E-state index in [-0.39, 0.29) is 11.9 Å². The van der Waals surface area contributed by atoms with E-state index in [0.29, 0.717) is 24.8 Å². The number of ether oxygens (including phenoxy) is 1. The number of aromatic nitrogens is 1. The van der Waals surface area contributed by atoms with Crippen molar-refractivity contribution in [3.8, 4) is 0 Å². The van der Waals surface area contributed by atoms with Crippen LogP contribution in [0, 0.1) is 5.82 Å². The lowest BCUT2D eigenvalue weighted by Gasteiger charge is -2.12. The first-order valence-electron chi connectivity index (χ1n) is 6.07. The molecule has 2 rings (SSSR count). The molecule has 0 aromatic carbocycles. The van der Waals surface area contributed by atoms with Gasteiger partial charge in [-0.15, -0.1) is 0 Å². The zero-order valence-electron chi connectivity index (χ0n) is 10.4. The lowest BCUT2D eigenvalue weighted by molar-refractivity contribution is 0.171. The van der Waals surface area contributed by atoms with E-state index in [9.17, 15) is 4.39 Å². The van der Waals surface area contributed by atoms with E-state index in [1.807, 2.05) is 6.92 Å². The van der Waals surface area contributed by atoms with Gasteiger partial charge in [0.25, 0.3) is 0 Å². The first-order chi connectivity index (χ1) is 8.20. The fraction of sp³-hybridized carbons (Fsp3) is 0.615. The molecule has 1 unspecified atom stereocenters. The van der Waals surface area contributed by atoms with Crippen molar-refractivity contribution in [2.75, 3.05) is 13.7 Å². The number of hydrogen-bond donors (Lipinski definition) is 1. The molecule has 0 radical (unpaired) electrons. The summed E-state index contributed by atoms with van der Waals surface area (Å²) in [5.41, 5.74) is 1.52. The van der Waals surface area contributed by atoms with Crippen molar-refractivity contribution in [3.05, 3.63) is 29.3 Å². The fourth-order valence-electron chi connectivity index (χ4n) is 1.83. The molecule has 0 aliphatic heterocycles. The smallest absolute Gasteiger partial charge is 0.146 e. The summed E-state index contributed by atoms with van der Waals surface area (Å²) in [6.45, 7) is 3.06. The van der Waals surface area contributed by atoms with Gasteiger partial charge in [0.1, 0.15) is 5.82 Å². The summed E-state index contributed by atoms with van der Waals surface area (Å²) < 4.78 is 18.7. The van der Waals surface area contributed by atoms with Crippen LogP contribution in [-0.4, -0.2) is 24.7 Å². The van der Waals surface area contributed by atoms with Crippen molar-refractivity contribution >= 4 is 0 Å². The number of methoxy groups -OCH3 is 1. The SMILES string of the molecule is COCC(C)NCc1ncc(C2CC2)cc1F. The highest BCUT2D eigenvalue weighted by Gasteiger charge is 2.24. The van der Waals surface area contributed by atoms with Crippen molar-refractivity contribution in [2.45, 2.75) is 38.3 Å². The van der Waals surface area contributed by atoms with Gasteiger partial charge in [0.05, 0.1) is 12.3 Å². The van der Waals surface area contributed by atoms with Crippen LogP contribution in [0.1, 0.15) is 36.9 Å². The van der Waals surface area contributed by atoms with E-state index in [1.165, 1.54) is 12.8 Å². The van der Waals surface area contributed by atoms with Crippen molar-refractivity contribution in [2.24, 2.45) is 0 Å². The second kappa shape index (κ2) is 5.56. The molecule has 0 saturated heterocycles. The van der Waals surface area contributed by atoms with Crippen molar-refractivity contribution in [1.82, 2.24) is 10.3 Å². The maximum Gasteiger partial charge on any atom is 0.146 e. The van der Waals surface area contributed by atoms with Gasteiger partial charge in [-0.3, -0.25) is 4.98 Å². The minimum Gasteiger partial charge on any atom is -0.383 e. The van der Waals surface area contributed by atoms with E-state index in [0.717, 1.165) is 5.56 Å². The molecule has 1 saturated carbocycles. The van der Waals surface area contributed by atoms with Gasteiger partial charge in [0.2, 0.25) is 0 Å². The Morgan fingerprint density at radius 2 is 2.35 bits per heavy atom.